The minimum Gasteiger partial charge on any atom is -0.227 e. The Balaban J connectivity index is 1.10. The summed E-state index contributed by atoms with van der Waals surface area (Å²) in [5.41, 5.74) is 11.9. The molecule has 0 fully saturated rings. The highest BCUT2D eigenvalue weighted by atomic mass is 32.1. The van der Waals surface area contributed by atoms with Crippen LogP contribution in [0, 0.1) is 0 Å². The molecule has 0 aliphatic carbocycles. The van der Waals surface area contributed by atoms with Gasteiger partial charge in [-0.1, -0.05) is 176 Å². The second kappa shape index (κ2) is 12.5. The van der Waals surface area contributed by atoms with Crippen molar-refractivity contribution in [2.75, 3.05) is 0 Å². The van der Waals surface area contributed by atoms with Gasteiger partial charge in [-0.3, -0.25) is 0 Å². The number of rotatable bonds is 6. The summed E-state index contributed by atoms with van der Waals surface area (Å²) in [4.78, 5) is 10.5. The van der Waals surface area contributed by atoms with Gasteiger partial charge < -0.3 is 0 Å². The van der Waals surface area contributed by atoms with Gasteiger partial charge in [0.15, 0.2) is 5.82 Å². The van der Waals surface area contributed by atoms with Crippen LogP contribution in [-0.4, -0.2) is 9.97 Å². The highest BCUT2D eigenvalue weighted by Crippen LogP contribution is 2.41. The van der Waals surface area contributed by atoms with E-state index in [0.717, 1.165) is 44.8 Å². The van der Waals surface area contributed by atoms with Crippen LogP contribution < -0.4 is 0 Å². The zero-order valence-corrected chi connectivity index (χ0v) is 27.4. The molecule has 9 rings (SSSR count). The molecular formula is C46H30N2S. The third kappa shape index (κ3) is 5.41. The molecule has 9 aromatic rings. The average Bonchev–Trinajstić information content (AvgIpc) is 3.58. The number of hydrogen-bond donors (Lipinski definition) is 0. The molecule has 0 unspecified atom stereocenters. The Hall–Kier alpha value is -6.16. The van der Waals surface area contributed by atoms with Crippen LogP contribution in [0.15, 0.2) is 182 Å². The number of thiophene rings is 1. The Labute approximate surface area is 289 Å². The van der Waals surface area contributed by atoms with Gasteiger partial charge in [0, 0.05) is 42.4 Å². The van der Waals surface area contributed by atoms with E-state index in [9.17, 15) is 0 Å². The number of nitrogens with zero attached hydrogens (tertiary/aromatic N) is 2. The summed E-state index contributed by atoms with van der Waals surface area (Å²) >= 11 is 1.87. The van der Waals surface area contributed by atoms with Gasteiger partial charge in [0.05, 0.1) is 11.4 Å². The van der Waals surface area contributed by atoms with E-state index in [0.29, 0.717) is 5.82 Å². The quantitative estimate of drug-likeness (QED) is 0.180. The van der Waals surface area contributed by atoms with Gasteiger partial charge in [0.1, 0.15) is 0 Å². The van der Waals surface area contributed by atoms with Crippen LogP contribution in [0.4, 0.5) is 0 Å². The van der Waals surface area contributed by atoms with Gasteiger partial charge in [-0.2, -0.15) is 0 Å². The van der Waals surface area contributed by atoms with E-state index in [4.69, 9.17) is 9.97 Å². The largest absolute Gasteiger partial charge is 0.227 e. The Kier molecular flexibility index (Phi) is 7.38. The second-order valence-corrected chi connectivity index (χ2v) is 13.2. The Morgan fingerprint density at radius 3 is 1.39 bits per heavy atom. The minimum atomic E-state index is 0.704. The van der Waals surface area contributed by atoms with Crippen LogP contribution in [-0.2, 0) is 0 Å². The molecule has 0 radical (unpaired) electrons. The molecule has 0 bridgehead atoms. The van der Waals surface area contributed by atoms with Crippen LogP contribution in [0.3, 0.4) is 0 Å². The number of aromatic nitrogens is 2. The van der Waals surface area contributed by atoms with Gasteiger partial charge >= 0.3 is 0 Å². The van der Waals surface area contributed by atoms with Crippen molar-refractivity contribution in [3.05, 3.63) is 182 Å². The molecule has 0 aliphatic heterocycles. The third-order valence-electron chi connectivity index (χ3n) is 9.14. The van der Waals surface area contributed by atoms with Gasteiger partial charge in [-0.25, -0.2) is 9.97 Å². The van der Waals surface area contributed by atoms with E-state index < -0.39 is 0 Å². The van der Waals surface area contributed by atoms with Gasteiger partial charge in [0.2, 0.25) is 0 Å². The fourth-order valence-corrected chi connectivity index (χ4v) is 7.94. The molecule has 0 spiro atoms. The maximum Gasteiger partial charge on any atom is 0.160 e. The molecule has 0 aliphatic rings. The van der Waals surface area contributed by atoms with Crippen LogP contribution in [0.2, 0.25) is 0 Å². The maximum atomic E-state index is 5.25. The van der Waals surface area contributed by atoms with Crippen LogP contribution >= 0.6 is 11.3 Å². The normalized spacial score (nSPS) is 11.3. The molecule has 2 heterocycles. The average molecular weight is 643 g/mol. The molecule has 2 aromatic heterocycles. The molecule has 49 heavy (non-hydrogen) atoms. The lowest BCUT2D eigenvalue weighted by Gasteiger charge is -2.17. The highest BCUT2D eigenvalue weighted by molar-refractivity contribution is 7.26. The van der Waals surface area contributed by atoms with Crippen LogP contribution in [0.5, 0.6) is 0 Å². The maximum absolute atomic E-state index is 5.25. The highest BCUT2D eigenvalue weighted by Gasteiger charge is 2.20. The van der Waals surface area contributed by atoms with Crippen molar-refractivity contribution < 1.29 is 0 Å². The Bertz CT molecular complexity index is 2490. The summed E-state index contributed by atoms with van der Waals surface area (Å²) in [5, 5.41) is 2.65. The lowest BCUT2D eigenvalue weighted by atomic mass is 9.94. The van der Waals surface area contributed by atoms with E-state index in [1.165, 1.54) is 36.9 Å². The second-order valence-electron chi connectivity index (χ2n) is 12.2. The lowest BCUT2D eigenvalue weighted by Crippen LogP contribution is -2.00. The molecule has 0 N–H and O–H groups in total. The summed E-state index contributed by atoms with van der Waals surface area (Å²) in [6, 6.07) is 64.2. The molecule has 0 atom stereocenters. The van der Waals surface area contributed by atoms with Crippen molar-refractivity contribution in [1.29, 1.82) is 0 Å². The Morgan fingerprint density at radius 1 is 0.327 bits per heavy atom. The van der Waals surface area contributed by atoms with E-state index in [1.807, 2.05) is 29.5 Å². The molecule has 7 aromatic carbocycles. The predicted octanol–water partition coefficient (Wildman–Crippen LogP) is 12.8. The lowest BCUT2D eigenvalue weighted by molar-refractivity contribution is 1.18. The first-order valence-corrected chi connectivity index (χ1v) is 17.3. The van der Waals surface area contributed by atoms with Crippen LogP contribution in [0.25, 0.3) is 87.5 Å². The standard InChI is InChI=1S/C46H30N2S/c1-4-13-34(14-5-1)42-43(35-15-6-2-7-16-35)47-46(48-44(42)36-17-8-3-9-18-36)37-29-25-32(26-30-37)31-23-27-33(28-24-31)38-20-12-21-40-39-19-10-11-22-41(39)49-45(38)40/h1-30H. The van der Waals surface area contributed by atoms with Crippen molar-refractivity contribution in [2.24, 2.45) is 0 Å². The molecule has 230 valence electrons. The van der Waals surface area contributed by atoms with Crippen molar-refractivity contribution in [3.63, 3.8) is 0 Å². The minimum absolute atomic E-state index is 0.704. The Morgan fingerprint density at radius 2 is 0.796 bits per heavy atom. The zero-order chi connectivity index (χ0) is 32.6. The molecule has 3 heteroatoms. The van der Waals surface area contributed by atoms with Crippen LogP contribution in [0.1, 0.15) is 0 Å². The predicted molar refractivity (Wildman–Crippen MR) is 208 cm³/mol. The van der Waals surface area contributed by atoms with Gasteiger partial charge in [-0.15, -0.1) is 11.3 Å². The molecule has 0 saturated heterocycles. The summed E-state index contributed by atoms with van der Waals surface area (Å²) in [5.74, 6) is 0.704. The summed E-state index contributed by atoms with van der Waals surface area (Å²) in [7, 11) is 0. The van der Waals surface area contributed by atoms with Crippen molar-refractivity contribution in [1.82, 2.24) is 9.97 Å². The summed E-state index contributed by atoms with van der Waals surface area (Å²) in [6.07, 6.45) is 0. The first-order valence-electron chi connectivity index (χ1n) is 16.5. The van der Waals surface area contributed by atoms with Crippen molar-refractivity contribution in [2.45, 2.75) is 0 Å². The monoisotopic (exact) mass is 642 g/mol. The molecule has 2 nitrogen and oxygen atoms in total. The van der Waals surface area contributed by atoms with Gasteiger partial charge in [0.25, 0.3) is 0 Å². The summed E-state index contributed by atoms with van der Waals surface area (Å²) < 4.78 is 2.66. The topological polar surface area (TPSA) is 25.8 Å². The first kappa shape index (κ1) is 29.0. The van der Waals surface area contributed by atoms with E-state index in [-0.39, 0.29) is 0 Å². The van der Waals surface area contributed by atoms with E-state index >= 15 is 0 Å². The number of fused-ring (bicyclic) bond motifs is 3. The van der Waals surface area contributed by atoms with Gasteiger partial charge in [-0.05, 0) is 33.9 Å². The smallest absolute Gasteiger partial charge is 0.160 e. The molecule has 0 saturated carbocycles. The van der Waals surface area contributed by atoms with E-state index in [2.05, 4.69) is 164 Å². The SMILES string of the molecule is c1ccc(-c2nc(-c3ccc(-c4ccc(-c5cccc6c5sc5ccccc56)cc4)cc3)nc(-c3ccccc3)c2-c2ccccc2)cc1. The third-order valence-corrected chi connectivity index (χ3v) is 10.4. The summed E-state index contributed by atoms with van der Waals surface area (Å²) in [6.45, 7) is 0. The first-order chi connectivity index (χ1) is 24.3. The molecule has 0 amide bonds. The van der Waals surface area contributed by atoms with Crippen molar-refractivity contribution in [3.8, 4) is 67.3 Å². The fraction of sp³-hybridized carbons (Fsp3) is 0. The fourth-order valence-electron chi connectivity index (χ4n) is 6.71. The van der Waals surface area contributed by atoms with E-state index in [1.54, 1.807) is 0 Å². The zero-order valence-electron chi connectivity index (χ0n) is 26.6. The van der Waals surface area contributed by atoms with Crippen molar-refractivity contribution >= 4 is 31.5 Å². The molecular weight excluding hydrogens is 613 g/mol. The number of benzene rings is 7. The number of hydrogen-bond acceptors (Lipinski definition) is 3.